The Hall–Kier alpha value is -1.10. The third-order valence-electron chi connectivity index (χ3n) is 2.43. The number of hydrogen-bond donors (Lipinski definition) is 2. The molecule has 0 aromatic heterocycles. The molecule has 0 heterocycles. The Kier molecular flexibility index (Phi) is 4.93. The first-order valence-corrected chi connectivity index (χ1v) is 5.58. The lowest BCUT2D eigenvalue weighted by atomic mass is 9.94. The normalized spacial score (nSPS) is 13.5. The van der Waals surface area contributed by atoms with E-state index in [2.05, 4.69) is 0 Å². The highest BCUT2D eigenvalue weighted by Crippen LogP contribution is 2.31. The van der Waals surface area contributed by atoms with Gasteiger partial charge in [0.05, 0.1) is 12.2 Å². The summed E-state index contributed by atoms with van der Waals surface area (Å²) in [5, 5.41) is 19.8. The van der Waals surface area contributed by atoms with Gasteiger partial charge < -0.3 is 19.7 Å². The average molecular weight is 240 g/mol. The molecule has 0 aliphatic heterocycles. The quantitative estimate of drug-likeness (QED) is 0.740. The Morgan fingerprint density at radius 2 is 1.88 bits per heavy atom. The SMILES string of the molecule is COCCOc1ccccc1C(O)C(C)(C)O. The Balaban J connectivity index is 2.84. The molecule has 0 aliphatic carbocycles. The molecule has 96 valence electrons. The van der Waals surface area contributed by atoms with E-state index in [0.717, 1.165) is 0 Å². The highest BCUT2D eigenvalue weighted by atomic mass is 16.5. The summed E-state index contributed by atoms with van der Waals surface area (Å²) in [6, 6.07) is 7.13. The third-order valence-corrected chi connectivity index (χ3v) is 2.43. The van der Waals surface area contributed by atoms with Gasteiger partial charge in [-0.05, 0) is 19.9 Å². The third kappa shape index (κ3) is 4.00. The standard InChI is InChI=1S/C13H20O4/c1-13(2,15)12(14)10-6-4-5-7-11(10)17-9-8-16-3/h4-7,12,14-15H,8-9H2,1-3H3. The van der Waals surface area contributed by atoms with Crippen LogP contribution in [0, 0.1) is 0 Å². The van der Waals surface area contributed by atoms with Gasteiger partial charge in [-0.25, -0.2) is 0 Å². The van der Waals surface area contributed by atoms with Gasteiger partial charge in [-0.15, -0.1) is 0 Å². The zero-order valence-electron chi connectivity index (χ0n) is 10.5. The first-order valence-electron chi connectivity index (χ1n) is 5.58. The molecule has 17 heavy (non-hydrogen) atoms. The van der Waals surface area contributed by atoms with Gasteiger partial charge >= 0.3 is 0 Å². The Morgan fingerprint density at radius 3 is 2.47 bits per heavy atom. The van der Waals surface area contributed by atoms with Crippen LogP contribution < -0.4 is 4.74 Å². The van der Waals surface area contributed by atoms with Crippen LogP contribution in [0.1, 0.15) is 25.5 Å². The summed E-state index contributed by atoms with van der Waals surface area (Å²) in [5.41, 5.74) is -0.628. The number of methoxy groups -OCH3 is 1. The van der Waals surface area contributed by atoms with Crippen molar-refractivity contribution in [3.63, 3.8) is 0 Å². The van der Waals surface area contributed by atoms with E-state index in [1.807, 2.05) is 6.07 Å². The number of hydrogen-bond acceptors (Lipinski definition) is 4. The summed E-state index contributed by atoms with van der Waals surface area (Å²) >= 11 is 0. The summed E-state index contributed by atoms with van der Waals surface area (Å²) in [6.45, 7) is 4.01. The Morgan fingerprint density at radius 1 is 1.24 bits per heavy atom. The molecule has 1 aromatic carbocycles. The smallest absolute Gasteiger partial charge is 0.125 e. The lowest BCUT2D eigenvalue weighted by Gasteiger charge is -2.26. The maximum Gasteiger partial charge on any atom is 0.125 e. The van der Waals surface area contributed by atoms with Crippen LogP contribution in [0.15, 0.2) is 24.3 Å². The number of ether oxygens (including phenoxy) is 2. The van der Waals surface area contributed by atoms with Gasteiger partial charge in [0.15, 0.2) is 0 Å². The Labute approximate surface area is 102 Å². The van der Waals surface area contributed by atoms with E-state index < -0.39 is 11.7 Å². The van der Waals surface area contributed by atoms with Crippen molar-refractivity contribution in [1.29, 1.82) is 0 Å². The number of aliphatic hydroxyl groups excluding tert-OH is 1. The van der Waals surface area contributed by atoms with Gasteiger partial charge in [0.1, 0.15) is 18.5 Å². The van der Waals surface area contributed by atoms with Gasteiger partial charge in [0.2, 0.25) is 0 Å². The number of aliphatic hydroxyl groups is 2. The van der Waals surface area contributed by atoms with E-state index in [1.165, 1.54) is 0 Å². The maximum absolute atomic E-state index is 10.0. The van der Waals surface area contributed by atoms with Crippen molar-refractivity contribution in [2.24, 2.45) is 0 Å². The first-order chi connectivity index (χ1) is 7.96. The molecule has 0 spiro atoms. The average Bonchev–Trinajstić information content (AvgIpc) is 2.28. The van der Waals surface area contributed by atoms with Gasteiger partial charge in [0.25, 0.3) is 0 Å². The highest BCUT2D eigenvalue weighted by Gasteiger charge is 2.28. The second kappa shape index (κ2) is 6.00. The van der Waals surface area contributed by atoms with Gasteiger partial charge in [0, 0.05) is 12.7 Å². The second-order valence-electron chi connectivity index (χ2n) is 4.44. The van der Waals surface area contributed by atoms with Gasteiger partial charge in [-0.2, -0.15) is 0 Å². The van der Waals surface area contributed by atoms with Crippen LogP contribution in [0.5, 0.6) is 5.75 Å². The molecule has 0 saturated carbocycles. The predicted molar refractivity (Wildman–Crippen MR) is 65.1 cm³/mol. The molecular weight excluding hydrogens is 220 g/mol. The van der Waals surface area contributed by atoms with Crippen molar-refractivity contribution in [3.05, 3.63) is 29.8 Å². The van der Waals surface area contributed by atoms with Gasteiger partial charge in [-0.1, -0.05) is 18.2 Å². The molecule has 4 nitrogen and oxygen atoms in total. The van der Waals surface area contributed by atoms with E-state index in [0.29, 0.717) is 24.5 Å². The van der Waals surface area contributed by atoms with Crippen LogP contribution in [0.2, 0.25) is 0 Å². The van der Waals surface area contributed by atoms with Gasteiger partial charge in [-0.3, -0.25) is 0 Å². The fraction of sp³-hybridized carbons (Fsp3) is 0.538. The molecule has 1 aromatic rings. The maximum atomic E-state index is 10.0. The van der Waals surface area contributed by atoms with Crippen molar-refractivity contribution >= 4 is 0 Å². The fourth-order valence-electron chi connectivity index (χ4n) is 1.45. The van der Waals surface area contributed by atoms with E-state index in [1.54, 1.807) is 39.2 Å². The largest absolute Gasteiger partial charge is 0.491 e. The lowest BCUT2D eigenvalue weighted by Crippen LogP contribution is -2.29. The van der Waals surface area contributed by atoms with Crippen molar-refractivity contribution in [3.8, 4) is 5.75 Å². The summed E-state index contributed by atoms with van der Waals surface area (Å²) in [6.07, 6.45) is -0.985. The molecule has 0 bridgehead atoms. The molecular formula is C13H20O4. The summed E-state index contributed by atoms with van der Waals surface area (Å²) in [5.74, 6) is 0.569. The molecule has 1 unspecified atom stereocenters. The molecule has 0 radical (unpaired) electrons. The summed E-state index contributed by atoms with van der Waals surface area (Å²) in [7, 11) is 1.60. The molecule has 2 N–H and O–H groups in total. The monoisotopic (exact) mass is 240 g/mol. The van der Waals surface area contributed by atoms with Crippen LogP contribution in [0.4, 0.5) is 0 Å². The van der Waals surface area contributed by atoms with Crippen molar-refractivity contribution < 1.29 is 19.7 Å². The summed E-state index contributed by atoms with van der Waals surface area (Å²) in [4.78, 5) is 0. The second-order valence-corrected chi connectivity index (χ2v) is 4.44. The number of rotatable bonds is 6. The van der Waals surface area contributed by atoms with Crippen LogP contribution in [0.3, 0.4) is 0 Å². The van der Waals surface area contributed by atoms with Crippen molar-refractivity contribution in [2.45, 2.75) is 25.6 Å². The molecule has 0 fully saturated rings. The molecule has 0 saturated heterocycles. The molecule has 0 aliphatic rings. The van der Waals surface area contributed by atoms with E-state index in [4.69, 9.17) is 9.47 Å². The zero-order valence-corrected chi connectivity index (χ0v) is 10.5. The van der Waals surface area contributed by atoms with E-state index in [-0.39, 0.29) is 0 Å². The molecule has 0 amide bonds. The van der Waals surface area contributed by atoms with Crippen LogP contribution >= 0.6 is 0 Å². The van der Waals surface area contributed by atoms with E-state index in [9.17, 15) is 10.2 Å². The molecule has 1 rings (SSSR count). The lowest BCUT2D eigenvalue weighted by molar-refractivity contribution is -0.0509. The molecule has 1 atom stereocenters. The minimum atomic E-state index is -1.21. The minimum absolute atomic E-state index is 0.409. The predicted octanol–water partition coefficient (Wildman–Crippen LogP) is 1.52. The number of benzene rings is 1. The van der Waals surface area contributed by atoms with E-state index >= 15 is 0 Å². The number of para-hydroxylation sites is 1. The van der Waals surface area contributed by atoms with Crippen LogP contribution in [-0.2, 0) is 4.74 Å². The fourth-order valence-corrected chi connectivity index (χ4v) is 1.45. The zero-order chi connectivity index (χ0) is 12.9. The summed E-state index contributed by atoms with van der Waals surface area (Å²) < 4.78 is 10.4. The van der Waals surface area contributed by atoms with Crippen LogP contribution in [0.25, 0.3) is 0 Å². The first kappa shape index (κ1) is 14.0. The van der Waals surface area contributed by atoms with Crippen molar-refractivity contribution in [1.82, 2.24) is 0 Å². The topological polar surface area (TPSA) is 58.9 Å². The van der Waals surface area contributed by atoms with Crippen molar-refractivity contribution in [2.75, 3.05) is 20.3 Å². The minimum Gasteiger partial charge on any atom is -0.491 e. The molecule has 4 heteroatoms. The Bertz CT molecular complexity index is 344. The highest BCUT2D eigenvalue weighted by molar-refractivity contribution is 5.36. The van der Waals surface area contributed by atoms with Crippen LogP contribution in [-0.4, -0.2) is 36.1 Å².